The molecule has 0 aliphatic carbocycles. The third kappa shape index (κ3) is 6.53. The molecule has 0 amide bonds. The topological polar surface area (TPSA) is 75.9 Å². The van der Waals surface area contributed by atoms with E-state index in [9.17, 15) is 21.6 Å². The molecule has 1 aliphatic heterocycles. The molecule has 1 saturated heterocycles. The number of ether oxygens (including phenoxy) is 1. The fraction of sp³-hybridized carbons (Fsp3) is 0.400. The summed E-state index contributed by atoms with van der Waals surface area (Å²) in [5, 5.41) is 4.33. The highest BCUT2D eigenvalue weighted by Gasteiger charge is 2.34. The van der Waals surface area contributed by atoms with Crippen molar-refractivity contribution < 1.29 is 30.8 Å². The zero-order valence-corrected chi connectivity index (χ0v) is 21.9. The van der Waals surface area contributed by atoms with Gasteiger partial charge in [-0.15, -0.1) is 0 Å². The summed E-state index contributed by atoms with van der Waals surface area (Å²) in [6.45, 7) is 5.31. The Morgan fingerprint density at radius 1 is 1.03 bits per heavy atom. The average molecular weight is 558 g/mol. The lowest BCUT2D eigenvalue weighted by Gasteiger charge is -2.35. The van der Waals surface area contributed by atoms with Crippen molar-refractivity contribution in [1.82, 2.24) is 14.4 Å². The normalized spacial score (nSPS) is 16.7. The van der Waals surface area contributed by atoms with Crippen LogP contribution in [0.3, 0.4) is 0 Å². The highest BCUT2D eigenvalue weighted by Crippen LogP contribution is 2.30. The Morgan fingerprint density at radius 3 is 2.19 bits per heavy atom. The van der Waals surface area contributed by atoms with Crippen LogP contribution in [0.25, 0.3) is 0 Å². The Bertz CT molecular complexity index is 1280. The number of aromatic nitrogens is 1. The first-order valence-corrected chi connectivity index (χ1v) is 13.5. The molecular weight excluding hydrogens is 531 g/mol. The predicted octanol–water partition coefficient (Wildman–Crippen LogP) is 5.23. The molecule has 2 aromatic carbocycles. The Morgan fingerprint density at radius 2 is 1.65 bits per heavy atom. The van der Waals surface area contributed by atoms with E-state index in [-0.39, 0.29) is 17.3 Å². The molecule has 1 fully saturated rings. The zero-order valence-electron chi connectivity index (χ0n) is 20.3. The SMILES string of the molecule is Cc1noc(C)c1S(=O)(=O)N1CCN(C[C@H](OCc2ccc(C(F)(F)F)cc2)c2ccc(Cl)cc2)CC1. The van der Waals surface area contributed by atoms with Crippen LogP contribution in [0.15, 0.2) is 57.9 Å². The molecule has 0 spiro atoms. The van der Waals surface area contributed by atoms with E-state index in [1.165, 1.54) is 16.4 Å². The molecule has 0 radical (unpaired) electrons. The van der Waals surface area contributed by atoms with Crippen LogP contribution in [0.4, 0.5) is 13.2 Å². The van der Waals surface area contributed by atoms with Gasteiger partial charge in [-0.2, -0.15) is 17.5 Å². The zero-order chi connectivity index (χ0) is 26.8. The van der Waals surface area contributed by atoms with Crippen LogP contribution in [0.1, 0.15) is 34.2 Å². The largest absolute Gasteiger partial charge is 0.416 e. The number of hydrogen-bond donors (Lipinski definition) is 0. The Hall–Kier alpha value is -2.44. The summed E-state index contributed by atoms with van der Waals surface area (Å²) in [5.74, 6) is 0.263. The van der Waals surface area contributed by atoms with Crippen LogP contribution in [0, 0.1) is 13.8 Å². The van der Waals surface area contributed by atoms with Gasteiger partial charge in [0.1, 0.15) is 10.6 Å². The van der Waals surface area contributed by atoms with Crippen LogP contribution >= 0.6 is 11.6 Å². The van der Waals surface area contributed by atoms with Crippen molar-refractivity contribution in [2.24, 2.45) is 0 Å². The molecule has 7 nitrogen and oxygen atoms in total. The average Bonchev–Trinajstić information content (AvgIpc) is 3.21. The number of benzene rings is 2. The summed E-state index contributed by atoms with van der Waals surface area (Å²) >= 11 is 6.04. The number of rotatable bonds is 8. The quantitative estimate of drug-likeness (QED) is 0.378. The van der Waals surface area contributed by atoms with E-state index in [2.05, 4.69) is 10.1 Å². The van der Waals surface area contributed by atoms with Crippen molar-refractivity contribution in [3.05, 3.63) is 81.7 Å². The van der Waals surface area contributed by atoms with Crippen molar-refractivity contribution in [3.63, 3.8) is 0 Å². The summed E-state index contributed by atoms with van der Waals surface area (Å²) in [6, 6.07) is 12.1. The third-order valence-corrected chi connectivity index (χ3v) is 8.69. The van der Waals surface area contributed by atoms with E-state index >= 15 is 0 Å². The highest BCUT2D eigenvalue weighted by molar-refractivity contribution is 7.89. The first-order valence-electron chi connectivity index (χ1n) is 11.6. The standard InChI is InChI=1S/C25H27ClF3N3O4S/c1-17-24(18(2)36-30-17)37(33,34)32-13-11-31(12-14-32)15-23(20-5-9-22(26)10-6-20)35-16-19-3-7-21(8-4-19)25(27,28)29/h3-10,23H,11-16H2,1-2H3/t23-/m0/s1. The molecule has 0 N–H and O–H groups in total. The van der Waals surface area contributed by atoms with Gasteiger partial charge in [-0.1, -0.05) is 41.0 Å². The summed E-state index contributed by atoms with van der Waals surface area (Å²) in [4.78, 5) is 2.21. The van der Waals surface area contributed by atoms with Crippen molar-refractivity contribution in [1.29, 1.82) is 0 Å². The van der Waals surface area contributed by atoms with E-state index in [1.54, 1.807) is 26.0 Å². The Labute approximate surface area is 218 Å². The maximum Gasteiger partial charge on any atom is 0.416 e. The smallest absolute Gasteiger partial charge is 0.368 e. The van der Waals surface area contributed by atoms with Crippen LogP contribution < -0.4 is 0 Å². The van der Waals surface area contributed by atoms with E-state index < -0.39 is 27.9 Å². The minimum Gasteiger partial charge on any atom is -0.368 e. The number of aryl methyl sites for hydroxylation is 2. The molecule has 1 atom stereocenters. The van der Waals surface area contributed by atoms with Crippen molar-refractivity contribution in [2.45, 2.75) is 37.6 Å². The van der Waals surface area contributed by atoms with Crippen molar-refractivity contribution in [3.8, 4) is 0 Å². The number of alkyl halides is 3. The first kappa shape index (κ1) is 27.6. The maximum absolute atomic E-state index is 13.1. The summed E-state index contributed by atoms with van der Waals surface area (Å²) in [5.41, 5.74) is 1.10. The second kappa shape index (κ2) is 11.1. The molecule has 4 rings (SSSR count). The van der Waals surface area contributed by atoms with Crippen molar-refractivity contribution in [2.75, 3.05) is 32.7 Å². The lowest BCUT2D eigenvalue weighted by Crippen LogP contribution is -2.49. The van der Waals surface area contributed by atoms with Crippen LogP contribution in [0.5, 0.6) is 0 Å². The van der Waals surface area contributed by atoms with Gasteiger partial charge in [0.2, 0.25) is 10.0 Å². The maximum atomic E-state index is 13.1. The monoisotopic (exact) mass is 557 g/mol. The number of nitrogens with zero attached hydrogens (tertiary/aromatic N) is 3. The molecule has 0 bridgehead atoms. The molecule has 2 heterocycles. The second-order valence-electron chi connectivity index (χ2n) is 8.90. The molecule has 0 unspecified atom stereocenters. The van der Waals surface area contributed by atoms with Gasteiger partial charge in [-0.3, -0.25) is 4.90 Å². The van der Waals surface area contributed by atoms with Gasteiger partial charge < -0.3 is 9.26 Å². The molecule has 3 aromatic rings. The van der Waals surface area contributed by atoms with Gasteiger partial charge in [0.15, 0.2) is 5.76 Å². The minimum atomic E-state index is -4.40. The molecule has 37 heavy (non-hydrogen) atoms. The Kier molecular flexibility index (Phi) is 8.29. The lowest BCUT2D eigenvalue weighted by atomic mass is 10.1. The van der Waals surface area contributed by atoms with Gasteiger partial charge in [0, 0.05) is 37.7 Å². The summed E-state index contributed by atoms with van der Waals surface area (Å²) < 4.78 is 77.5. The summed E-state index contributed by atoms with van der Waals surface area (Å²) in [6.07, 6.45) is -4.79. The molecule has 12 heteroatoms. The van der Waals surface area contributed by atoms with E-state index in [0.29, 0.717) is 49.0 Å². The number of hydrogen-bond acceptors (Lipinski definition) is 6. The lowest BCUT2D eigenvalue weighted by molar-refractivity contribution is -0.137. The third-order valence-electron chi connectivity index (χ3n) is 6.30. The second-order valence-corrected chi connectivity index (χ2v) is 11.2. The number of piperazine rings is 1. The van der Waals surface area contributed by atoms with Crippen LogP contribution in [-0.2, 0) is 27.5 Å². The molecule has 0 saturated carbocycles. The van der Waals surface area contributed by atoms with Gasteiger partial charge in [-0.25, -0.2) is 8.42 Å². The van der Waals surface area contributed by atoms with Gasteiger partial charge in [-0.05, 0) is 49.2 Å². The van der Waals surface area contributed by atoms with Crippen LogP contribution in [0.2, 0.25) is 5.02 Å². The molecule has 1 aromatic heterocycles. The molecule has 1 aliphatic rings. The number of halogens is 4. The van der Waals surface area contributed by atoms with Gasteiger partial charge in [0.05, 0.1) is 18.3 Å². The number of sulfonamides is 1. The minimum absolute atomic E-state index is 0.111. The Balaban J connectivity index is 1.42. The molecule has 200 valence electrons. The predicted molar refractivity (Wildman–Crippen MR) is 132 cm³/mol. The van der Waals surface area contributed by atoms with E-state index in [1.807, 2.05) is 12.1 Å². The van der Waals surface area contributed by atoms with Gasteiger partial charge >= 0.3 is 6.18 Å². The highest BCUT2D eigenvalue weighted by atomic mass is 35.5. The summed E-state index contributed by atoms with van der Waals surface area (Å²) in [7, 11) is -3.72. The fourth-order valence-electron chi connectivity index (χ4n) is 4.28. The van der Waals surface area contributed by atoms with Crippen LogP contribution in [-0.4, -0.2) is 55.5 Å². The van der Waals surface area contributed by atoms with Gasteiger partial charge in [0.25, 0.3) is 0 Å². The van der Waals surface area contributed by atoms with Crippen molar-refractivity contribution >= 4 is 21.6 Å². The van der Waals surface area contributed by atoms with E-state index in [0.717, 1.165) is 17.7 Å². The molecular formula is C25H27ClF3N3O4S. The first-order chi connectivity index (χ1) is 17.4. The van der Waals surface area contributed by atoms with E-state index in [4.69, 9.17) is 20.9 Å². The fourth-order valence-corrected chi connectivity index (χ4v) is 6.12.